The second kappa shape index (κ2) is 7.45. The van der Waals surface area contributed by atoms with Crippen LogP contribution in [0.2, 0.25) is 0 Å². The highest BCUT2D eigenvalue weighted by Gasteiger charge is 2.63. The van der Waals surface area contributed by atoms with Crippen molar-refractivity contribution >= 4 is 30.1 Å². The number of hydrogen-bond donors (Lipinski definition) is 1. The SMILES string of the molecule is O=S(=O)(NS(=O)(=O)C(F)(F)S(=O)(=O)N1CCN(CC(F)(F)F)CC1)C(F)(F)F. The molecule has 1 N–H and O–H groups in total. The highest BCUT2D eigenvalue weighted by atomic mass is 32.3. The first kappa shape index (κ1) is 25.2. The van der Waals surface area contributed by atoms with Gasteiger partial charge >= 0.3 is 36.3 Å². The summed E-state index contributed by atoms with van der Waals surface area (Å²) in [6.07, 6.45) is -4.69. The van der Waals surface area contributed by atoms with Crippen LogP contribution in [-0.2, 0) is 30.1 Å². The third-order valence-electron chi connectivity index (χ3n) is 3.21. The summed E-state index contributed by atoms with van der Waals surface area (Å²) in [5.41, 5.74) is -6.34. The average molecular weight is 493 g/mol. The second-order valence-corrected chi connectivity index (χ2v) is 11.2. The van der Waals surface area contributed by atoms with Gasteiger partial charge < -0.3 is 0 Å². The van der Waals surface area contributed by atoms with Gasteiger partial charge in [-0.2, -0.15) is 39.4 Å². The Bertz CT molecular complexity index is 887. The molecule has 0 radical (unpaired) electrons. The van der Waals surface area contributed by atoms with Crippen LogP contribution in [0, 0.1) is 0 Å². The van der Waals surface area contributed by atoms with Crippen molar-refractivity contribution in [2.24, 2.45) is 0 Å². The van der Waals surface area contributed by atoms with Crippen LogP contribution in [0.5, 0.6) is 0 Å². The summed E-state index contributed by atoms with van der Waals surface area (Å²) in [5, 5.41) is 0. The van der Waals surface area contributed by atoms with E-state index >= 15 is 0 Å². The molecule has 1 aliphatic rings. The minimum absolute atomic E-state index is 0.265. The lowest BCUT2D eigenvalue weighted by molar-refractivity contribution is -0.148. The van der Waals surface area contributed by atoms with E-state index in [9.17, 15) is 60.4 Å². The third kappa shape index (κ3) is 5.20. The molecule has 28 heavy (non-hydrogen) atoms. The first-order valence-electron chi connectivity index (χ1n) is 6.65. The molecule has 0 bridgehead atoms. The van der Waals surface area contributed by atoms with E-state index in [0.717, 1.165) is 0 Å². The summed E-state index contributed by atoms with van der Waals surface area (Å²) in [5.74, 6) is 0. The summed E-state index contributed by atoms with van der Waals surface area (Å²) in [6, 6.07) is 0. The van der Waals surface area contributed by atoms with Crippen LogP contribution >= 0.6 is 0 Å². The molecule has 0 unspecified atom stereocenters. The topological polar surface area (TPSA) is 121 Å². The highest BCUT2D eigenvalue weighted by Crippen LogP contribution is 2.33. The van der Waals surface area contributed by atoms with E-state index in [1.165, 1.54) is 0 Å². The number of hydrogen-bond acceptors (Lipinski definition) is 7. The molecule has 1 aliphatic heterocycles. The lowest BCUT2D eigenvalue weighted by Gasteiger charge is -2.35. The molecule has 1 rings (SSSR count). The number of alkyl halides is 8. The zero-order valence-electron chi connectivity index (χ0n) is 13.1. The third-order valence-corrected chi connectivity index (χ3v) is 9.14. The van der Waals surface area contributed by atoms with Gasteiger partial charge in [-0.25, -0.2) is 25.3 Å². The fourth-order valence-corrected chi connectivity index (χ4v) is 6.51. The largest absolute Gasteiger partial charge is 0.512 e. The molecule has 0 aromatic heterocycles. The van der Waals surface area contributed by atoms with E-state index in [1.807, 2.05) is 0 Å². The summed E-state index contributed by atoms with van der Waals surface area (Å²) < 4.78 is 162. The van der Waals surface area contributed by atoms with E-state index < -0.39 is 83.2 Å². The molecule has 0 aromatic carbocycles. The molecule has 20 heteroatoms. The number of sulfonamides is 3. The van der Waals surface area contributed by atoms with Gasteiger partial charge in [0.25, 0.3) is 10.0 Å². The fraction of sp³-hybridized carbons (Fsp3) is 1.00. The van der Waals surface area contributed by atoms with Crippen LogP contribution in [0.15, 0.2) is 0 Å². The molecule has 0 saturated carbocycles. The van der Waals surface area contributed by atoms with Crippen molar-refractivity contribution in [1.29, 1.82) is 0 Å². The van der Waals surface area contributed by atoms with Gasteiger partial charge in [0, 0.05) is 26.2 Å². The van der Waals surface area contributed by atoms with E-state index in [1.54, 1.807) is 0 Å². The molecule has 0 atom stereocenters. The van der Waals surface area contributed by atoms with Gasteiger partial charge in [0.05, 0.1) is 6.54 Å². The van der Waals surface area contributed by atoms with Crippen LogP contribution in [0.1, 0.15) is 0 Å². The fourth-order valence-electron chi connectivity index (χ4n) is 1.91. The maximum atomic E-state index is 13.9. The Morgan fingerprint density at radius 2 is 1.14 bits per heavy atom. The van der Waals surface area contributed by atoms with Crippen molar-refractivity contribution in [3.05, 3.63) is 0 Å². The monoisotopic (exact) mass is 493 g/mol. The standard InChI is InChI=1S/C8H11F8N3O6S3/c9-6(10,11)5-18-1-3-19(4-2-18)28(24,25)8(15,16)27(22,23)17-26(20,21)7(12,13)14/h17H,1-5H2. The molecule has 1 heterocycles. The Balaban J connectivity index is 3.07. The summed E-state index contributed by atoms with van der Waals surface area (Å²) >= 11 is 0. The smallest absolute Gasteiger partial charge is 0.292 e. The molecular formula is C8H11F8N3O6S3. The molecule has 0 aromatic rings. The van der Waals surface area contributed by atoms with Gasteiger partial charge in [-0.1, -0.05) is 4.13 Å². The summed E-state index contributed by atoms with van der Waals surface area (Å²) in [7, 11) is -20.2. The number of rotatable bonds is 6. The van der Waals surface area contributed by atoms with Crippen molar-refractivity contribution in [2.75, 3.05) is 32.7 Å². The van der Waals surface area contributed by atoms with Gasteiger partial charge in [-0.15, -0.1) is 0 Å². The van der Waals surface area contributed by atoms with Crippen molar-refractivity contribution in [3.8, 4) is 0 Å². The Labute approximate surface area is 153 Å². The average Bonchev–Trinajstić information content (AvgIpc) is 2.43. The van der Waals surface area contributed by atoms with Crippen LogP contribution in [-0.4, -0.2) is 83.5 Å². The first-order valence-corrected chi connectivity index (χ1v) is 11.1. The van der Waals surface area contributed by atoms with E-state index in [-0.39, 0.29) is 4.31 Å². The minimum atomic E-state index is -6.96. The van der Waals surface area contributed by atoms with Crippen molar-refractivity contribution < 1.29 is 60.4 Å². The van der Waals surface area contributed by atoms with Crippen molar-refractivity contribution in [1.82, 2.24) is 13.3 Å². The number of nitrogens with one attached hydrogen (secondary N) is 1. The second-order valence-electron chi connectivity index (χ2n) is 5.29. The molecule has 168 valence electrons. The lowest BCUT2D eigenvalue weighted by atomic mass is 10.3. The number of nitrogens with zero attached hydrogens (tertiary/aromatic N) is 2. The highest BCUT2D eigenvalue weighted by molar-refractivity contribution is 8.13. The molecule has 0 amide bonds. The molecule has 0 aliphatic carbocycles. The van der Waals surface area contributed by atoms with Crippen LogP contribution < -0.4 is 4.13 Å². The molecule has 1 saturated heterocycles. The van der Waals surface area contributed by atoms with Gasteiger partial charge in [-0.05, 0) is 0 Å². The zero-order valence-corrected chi connectivity index (χ0v) is 15.6. The van der Waals surface area contributed by atoms with Crippen molar-refractivity contribution in [3.63, 3.8) is 0 Å². The van der Waals surface area contributed by atoms with Gasteiger partial charge in [-0.3, -0.25) is 4.90 Å². The predicted octanol–water partition coefficient (Wildman–Crippen LogP) is -0.185. The van der Waals surface area contributed by atoms with Crippen LogP contribution in [0.4, 0.5) is 35.1 Å². The van der Waals surface area contributed by atoms with E-state index in [2.05, 4.69) is 0 Å². The Morgan fingerprint density at radius 3 is 1.50 bits per heavy atom. The van der Waals surface area contributed by atoms with E-state index in [0.29, 0.717) is 4.90 Å². The maximum absolute atomic E-state index is 13.9. The number of halogens is 8. The minimum Gasteiger partial charge on any atom is -0.292 e. The lowest BCUT2D eigenvalue weighted by Crippen LogP contribution is -2.58. The summed E-state index contributed by atoms with van der Waals surface area (Å²) in [6.45, 7) is -5.10. The summed E-state index contributed by atoms with van der Waals surface area (Å²) in [4.78, 5) is 0.616. The van der Waals surface area contributed by atoms with Crippen LogP contribution in [0.3, 0.4) is 0 Å². The van der Waals surface area contributed by atoms with Gasteiger partial charge in [0.1, 0.15) is 0 Å². The van der Waals surface area contributed by atoms with Gasteiger partial charge in [0.2, 0.25) is 0 Å². The molecular weight excluding hydrogens is 482 g/mol. The number of piperazine rings is 1. The molecule has 0 spiro atoms. The Morgan fingerprint density at radius 1 is 0.714 bits per heavy atom. The van der Waals surface area contributed by atoms with Crippen LogP contribution in [0.25, 0.3) is 0 Å². The quantitative estimate of drug-likeness (QED) is 0.510. The first-order chi connectivity index (χ1) is 12.1. The Kier molecular flexibility index (Phi) is 6.71. The normalized spacial score (nSPS) is 19.7. The van der Waals surface area contributed by atoms with Gasteiger partial charge in [0.15, 0.2) is 0 Å². The van der Waals surface area contributed by atoms with Crippen molar-refractivity contribution in [2.45, 2.75) is 16.3 Å². The predicted molar refractivity (Wildman–Crippen MR) is 75.0 cm³/mol. The zero-order chi connectivity index (χ0) is 22.4. The maximum Gasteiger partial charge on any atom is 0.512 e. The molecule has 9 nitrogen and oxygen atoms in total. The Hall–Kier alpha value is -0.830. The molecule has 1 fully saturated rings. The van der Waals surface area contributed by atoms with E-state index in [4.69, 9.17) is 0 Å².